The summed E-state index contributed by atoms with van der Waals surface area (Å²) >= 11 is 0. The fraction of sp³-hybridized carbons (Fsp3) is 0.643. The van der Waals surface area contributed by atoms with Gasteiger partial charge in [-0.1, -0.05) is 0 Å². The molecule has 1 aromatic heterocycles. The number of hydrogen-bond donors (Lipinski definition) is 2. The Morgan fingerprint density at radius 1 is 1.27 bits per heavy atom. The van der Waals surface area contributed by atoms with Crippen molar-refractivity contribution >= 4 is 23.5 Å². The number of amides is 1. The molecule has 120 valence electrons. The van der Waals surface area contributed by atoms with E-state index in [4.69, 9.17) is 10.5 Å². The smallest absolute Gasteiger partial charge is 0.223 e. The molecule has 3 N–H and O–H groups in total. The van der Waals surface area contributed by atoms with E-state index in [1.165, 1.54) is 0 Å². The molecule has 1 aromatic rings. The third-order valence-electron chi connectivity index (χ3n) is 3.97. The fourth-order valence-corrected chi connectivity index (χ4v) is 2.93. The molecule has 2 saturated heterocycles. The van der Waals surface area contributed by atoms with E-state index in [1.807, 2.05) is 6.07 Å². The lowest BCUT2D eigenvalue weighted by Crippen LogP contribution is -2.37. The van der Waals surface area contributed by atoms with Crippen LogP contribution in [0.4, 0.5) is 17.6 Å². The molecular weight excluding hydrogens is 284 g/mol. The van der Waals surface area contributed by atoms with Crippen LogP contribution in [-0.4, -0.2) is 61.3 Å². The van der Waals surface area contributed by atoms with Gasteiger partial charge in [-0.05, 0) is 6.42 Å². The van der Waals surface area contributed by atoms with Crippen molar-refractivity contribution in [1.82, 2.24) is 15.3 Å². The molecule has 0 spiro atoms. The Hall–Kier alpha value is -2.09. The van der Waals surface area contributed by atoms with Crippen molar-refractivity contribution in [3.8, 4) is 0 Å². The standard InChI is InChI=1S/C14H22N6O2/c1-10(21)16-11-2-3-20(9-11)13-8-12(17-14(15)18-13)19-4-6-22-7-5-19/h8,11H,2-7,9H2,1H3,(H,16,21)(H2,15,17,18)/t11-/m0/s1. The highest BCUT2D eigenvalue weighted by Crippen LogP contribution is 2.24. The number of aromatic nitrogens is 2. The van der Waals surface area contributed by atoms with E-state index in [0.717, 1.165) is 44.2 Å². The molecule has 8 heteroatoms. The predicted octanol–water partition coefficient (Wildman–Crippen LogP) is -0.390. The summed E-state index contributed by atoms with van der Waals surface area (Å²) in [6.45, 7) is 6.17. The predicted molar refractivity (Wildman–Crippen MR) is 83.9 cm³/mol. The first-order valence-electron chi connectivity index (χ1n) is 7.61. The van der Waals surface area contributed by atoms with Gasteiger partial charge in [0, 0.05) is 45.2 Å². The second-order valence-electron chi connectivity index (χ2n) is 5.67. The van der Waals surface area contributed by atoms with E-state index in [0.29, 0.717) is 13.2 Å². The molecule has 2 aliphatic rings. The van der Waals surface area contributed by atoms with Crippen LogP contribution in [0.3, 0.4) is 0 Å². The van der Waals surface area contributed by atoms with E-state index < -0.39 is 0 Å². The van der Waals surface area contributed by atoms with Gasteiger partial charge in [0.05, 0.1) is 13.2 Å². The minimum atomic E-state index is 0.00283. The maximum absolute atomic E-state index is 11.2. The SMILES string of the molecule is CC(=O)N[C@H]1CCN(c2cc(N3CCOCC3)nc(N)n2)C1. The molecule has 0 aliphatic carbocycles. The molecule has 8 nitrogen and oxygen atoms in total. The second-order valence-corrected chi connectivity index (χ2v) is 5.67. The largest absolute Gasteiger partial charge is 0.378 e. The number of hydrogen-bond acceptors (Lipinski definition) is 7. The van der Waals surface area contributed by atoms with Crippen LogP contribution in [0.15, 0.2) is 6.07 Å². The van der Waals surface area contributed by atoms with Crippen molar-refractivity contribution in [3.63, 3.8) is 0 Å². The third kappa shape index (κ3) is 3.38. The van der Waals surface area contributed by atoms with Crippen molar-refractivity contribution in [2.45, 2.75) is 19.4 Å². The summed E-state index contributed by atoms with van der Waals surface area (Å²) in [7, 11) is 0. The zero-order valence-electron chi connectivity index (χ0n) is 12.8. The molecule has 2 fully saturated rings. The summed E-state index contributed by atoms with van der Waals surface area (Å²) < 4.78 is 5.37. The van der Waals surface area contributed by atoms with Crippen molar-refractivity contribution in [1.29, 1.82) is 0 Å². The molecule has 3 heterocycles. The van der Waals surface area contributed by atoms with Crippen molar-refractivity contribution in [3.05, 3.63) is 6.07 Å². The summed E-state index contributed by atoms with van der Waals surface area (Å²) in [6.07, 6.45) is 0.913. The highest BCUT2D eigenvalue weighted by molar-refractivity contribution is 5.73. The first-order chi connectivity index (χ1) is 10.6. The van der Waals surface area contributed by atoms with Gasteiger partial charge in [0.1, 0.15) is 11.6 Å². The summed E-state index contributed by atoms with van der Waals surface area (Å²) in [4.78, 5) is 24.1. The van der Waals surface area contributed by atoms with E-state index in [1.54, 1.807) is 6.92 Å². The molecule has 0 aromatic carbocycles. The monoisotopic (exact) mass is 306 g/mol. The maximum atomic E-state index is 11.2. The van der Waals surface area contributed by atoms with Crippen molar-refractivity contribution in [2.24, 2.45) is 0 Å². The first-order valence-corrected chi connectivity index (χ1v) is 7.61. The highest BCUT2D eigenvalue weighted by Gasteiger charge is 2.25. The van der Waals surface area contributed by atoms with Gasteiger partial charge in [0.2, 0.25) is 11.9 Å². The average molecular weight is 306 g/mol. The summed E-state index contributed by atoms with van der Waals surface area (Å²) in [5.74, 6) is 1.95. The molecule has 2 aliphatic heterocycles. The van der Waals surface area contributed by atoms with Crippen molar-refractivity contribution in [2.75, 3.05) is 54.9 Å². The molecule has 0 bridgehead atoms. The van der Waals surface area contributed by atoms with E-state index in [2.05, 4.69) is 25.1 Å². The molecule has 22 heavy (non-hydrogen) atoms. The first kappa shape index (κ1) is 14.8. The Morgan fingerprint density at radius 2 is 1.95 bits per heavy atom. The second kappa shape index (κ2) is 6.35. The maximum Gasteiger partial charge on any atom is 0.223 e. The van der Waals surface area contributed by atoms with Crippen molar-refractivity contribution < 1.29 is 9.53 Å². The number of nitrogens with zero attached hydrogens (tertiary/aromatic N) is 4. The number of nitrogens with two attached hydrogens (primary N) is 1. The summed E-state index contributed by atoms with van der Waals surface area (Å²) in [6, 6.07) is 2.14. The van der Waals surface area contributed by atoms with Crippen LogP contribution in [0.1, 0.15) is 13.3 Å². The summed E-state index contributed by atoms with van der Waals surface area (Å²) in [5, 5.41) is 2.95. The molecule has 3 rings (SSSR count). The zero-order chi connectivity index (χ0) is 15.5. The Labute approximate surface area is 129 Å². The fourth-order valence-electron chi connectivity index (χ4n) is 2.93. The Bertz CT molecular complexity index is 546. The van der Waals surface area contributed by atoms with Crippen LogP contribution in [0, 0.1) is 0 Å². The number of rotatable bonds is 3. The Balaban J connectivity index is 1.73. The number of nitrogen functional groups attached to an aromatic ring is 1. The van der Waals surface area contributed by atoms with Crippen LogP contribution in [0.5, 0.6) is 0 Å². The molecule has 0 saturated carbocycles. The van der Waals surface area contributed by atoms with Crippen LogP contribution in [0.2, 0.25) is 0 Å². The van der Waals surface area contributed by atoms with E-state index in [-0.39, 0.29) is 17.9 Å². The Morgan fingerprint density at radius 3 is 2.64 bits per heavy atom. The van der Waals surface area contributed by atoms with Crippen LogP contribution in [0.25, 0.3) is 0 Å². The van der Waals surface area contributed by atoms with Gasteiger partial charge in [-0.25, -0.2) is 0 Å². The minimum absolute atomic E-state index is 0.00283. The van der Waals surface area contributed by atoms with Gasteiger partial charge in [0.25, 0.3) is 0 Å². The normalized spacial score (nSPS) is 22.0. The lowest BCUT2D eigenvalue weighted by molar-refractivity contribution is -0.119. The van der Waals surface area contributed by atoms with Gasteiger partial charge in [-0.3, -0.25) is 4.79 Å². The topological polar surface area (TPSA) is 96.6 Å². The van der Waals surface area contributed by atoms with Crippen LogP contribution < -0.4 is 20.9 Å². The number of anilines is 3. The number of nitrogens with one attached hydrogen (secondary N) is 1. The van der Waals surface area contributed by atoms with Crippen LogP contribution in [-0.2, 0) is 9.53 Å². The average Bonchev–Trinajstić information content (AvgIpc) is 2.95. The van der Waals surface area contributed by atoms with Crippen LogP contribution >= 0.6 is 0 Å². The quantitative estimate of drug-likeness (QED) is 0.785. The van der Waals surface area contributed by atoms with Gasteiger partial charge < -0.3 is 25.6 Å². The number of morpholine rings is 1. The number of carbonyl (C=O) groups excluding carboxylic acids is 1. The lowest BCUT2D eigenvalue weighted by Gasteiger charge is -2.28. The number of ether oxygens (including phenoxy) is 1. The zero-order valence-corrected chi connectivity index (χ0v) is 12.8. The van der Waals surface area contributed by atoms with E-state index >= 15 is 0 Å². The molecule has 1 atom stereocenters. The van der Waals surface area contributed by atoms with Gasteiger partial charge in [0.15, 0.2) is 0 Å². The molecule has 0 unspecified atom stereocenters. The molecule has 1 amide bonds. The van der Waals surface area contributed by atoms with Gasteiger partial charge in [-0.15, -0.1) is 0 Å². The van der Waals surface area contributed by atoms with Gasteiger partial charge >= 0.3 is 0 Å². The third-order valence-corrected chi connectivity index (χ3v) is 3.97. The number of carbonyl (C=O) groups is 1. The molecular formula is C14H22N6O2. The summed E-state index contributed by atoms with van der Waals surface area (Å²) in [5.41, 5.74) is 5.87. The minimum Gasteiger partial charge on any atom is -0.378 e. The highest BCUT2D eigenvalue weighted by atomic mass is 16.5. The van der Waals surface area contributed by atoms with E-state index in [9.17, 15) is 4.79 Å². The van der Waals surface area contributed by atoms with Gasteiger partial charge in [-0.2, -0.15) is 9.97 Å². The Kier molecular flexibility index (Phi) is 4.28. The lowest BCUT2D eigenvalue weighted by atomic mass is 10.3. The molecule has 0 radical (unpaired) electrons.